The van der Waals surface area contributed by atoms with Crippen LogP contribution in [-0.2, 0) is 14.8 Å². The van der Waals surface area contributed by atoms with Crippen molar-refractivity contribution in [2.75, 3.05) is 31.1 Å². The molecule has 2 N–H and O–H groups in total. The Morgan fingerprint density at radius 2 is 2.18 bits per heavy atom. The fourth-order valence-corrected chi connectivity index (χ4v) is 4.95. The lowest BCUT2D eigenvalue weighted by Gasteiger charge is -2.32. The number of carbonyl (C=O) groups excluding carboxylic acids is 1. The van der Waals surface area contributed by atoms with Crippen molar-refractivity contribution >= 4 is 32.4 Å². The van der Waals surface area contributed by atoms with Crippen molar-refractivity contribution in [1.29, 1.82) is 0 Å². The summed E-state index contributed by atoms with van der Waals surface area (Å²) < 4.78 is 40.1. The van der Waals surface area contributed by atoms with E-state index in [0.29, 0.717) is 12.5 Å². The lowest BCUT2D eigenvalue weighted by Crippen LogP contribution is -2.41. The number of anilines is 1. The zero-order valence-electron chi connectivity index (χ0n) is 15.3. The fraction of sp³-hybridized carbons (Fsp3) is 0.444. The number of hydrogen-bond donors (Lipinski definition) is 2. The number of nitrogens with zero attached hydrogens (tertiary/aromatic N) is 2. The molecule has 152 valence electrons. The topological polar surface area (TPSA) is 91.4 Å². The molecule has 10 heteroatoms. The molecule has 0 bridgehead atoms. The van der Waals surface area contributed by atoms with Crippen LogP contribution in [0.1, 0.15) is 19.3 Å². The smallest absolute Gasteiger partial charge is 0.243 e. The van der Waals surface area contributed by atoms with Gasteiger partial charge in [-0.1, -0.05) is 12.1 Å². The van der Waals surface area contributed by atoms with Crippen LogP contribution in [0.15, 0.2) is 40.7 Å². The van der Waals surface area contributed by atoms with E-state index in [1.165, 1.54) is 18.2 Å². The lowest BCUT2D eigenvalue weighted by molar-refractivity contribution is -0.121. The molecule has 2 heterocycles. The van der Waals surface area contributed by atoms with Gasteiger partial charge in [0.05, 0.1) is 0 Å². The van der Waals surface area contributed by atoms with Crippen molar-refractivity contribution in [2.45, 2.75) is 24.2 Å². The molecular weight excluding hydrogens is 403 g/mol. The van der Waals surface area contributed by atoms with Crippen molar-refractivity contribution < 1.29 is 17.6 Å². The average Bonchev–Trinajstić information content (AvgIpc) is 3.21. The molecule has 0 radical (unpaired) electrons. The molecular formula is C18H23FN4O3S2. The summed E-state index contributed by atoms with van der Waals surface area (Å²) in [4.78, 5) is 18.2. The van der Waals surface area contributed by atoms with E-state index < -0.39 is 20.7 Å². The van der Waals surface area contributed by atoms with Crippen molar-refractivity contribution in [1.82, 2.24) is 15.0 Å². The molecule has 0 saturated carbocycles. The van der Waals surface area contributed by atoms with E-state index in [4.69, 9.17) is 0 Å². The van der Waals surface area contributed by atoms with Crippen LogP contribution in [0.4, 0.5) is 9.52 Å². The Hall–Kier alpha value is -2.04. The van der Waals surface area contributed by atoms with Crippen LogP contribution in [0.25, 0.3) is 0 Å². The van der Waals surface area contributed by atoms with Crippen molar-refractivity contribution in [2.24, 2.45) is 5.92 Å². The zero-order valence-corrected chi connectivity index (χ0v) is 16.9. The Morgan fingerprint density at radius 3 is 2.93 bits per heavy atom. The minimum absolute atomic E-state index is 0.00338. The minimum Gasteiger partial charge on any atom is -0.356 e. The van der Waals surface area contributed by atoms with Crippen molar-refractivity contribution in [3.05, 3.63) is 41.7 Å². The van der Waals surface area contributed by atoms with Crippen LogP contribution in [0, 0.1) is 11.7 Å². The number of rotatable bonds is 8. The molecule has 1 unspecified atom stereocenters. The van der Waals surface area contributed by atoms with Crippen LogP contribution < -0.4 is 14.9 Å². The number of benzene rings is 1. The van der Waals surface area contributed by atoms with Gasteiger partial charge in [0.2, 0.25) is 15.9 Å². The highest BCUT2D eigenvalue weighted by atomic mass is 32.2. The van der Waals surface area contributed by atoms with Gasteiger partial charge in [-0.3, -0.25) is 4.79 Å². The maximum Gasteiger partial charge on any atom is 0.243 e. The third kappa shape index (κ3) is 5.49. The Bertz CT molecular complexity index is 890. The second-order valence-electron chi connectivity index (χ2n) is 6.65. The quantitative estimate of drug-likeness (QED) is 0.674. The van der Waals surface area contributed by atoms with E-state index in [9.17, 15) is 17.6 Å². The molecule has 1 saturated heterocycles. The van der Waals surface area contributed by atoms with E-state index in [1.54, 1.807) is 17.5 Å². The van der Waals surface area contributed by atoms with Gasteiger partial charge in [0, 0.05) is 44.2 Å². The molecule has 7 nitrogen and oxygen atoms in total. The number of amides is 1. The summed E-state index contributed by atoms with van der Waals surface area (Å²) in [7, 11) is -3.97. The normalized spacial score (nSPS) is 17.5. The fourth-order valence-electron chi connectivity index (χ4n) is 3.16. The predicted octanol–water partition coefficient (Wildman–Crippen LogP) is 1.98. The van der Waals surface area contributed by atoms with Gasteiger partial charge in [0.15, 0.2) is 5.13 Å². The van der Waals surface area contributed by atoms with Gasteiger partial charge in [-0.2, -0.15) is 0 Å². The standard InChI is InChI=1S/C18H23FN4O3S2/c19-15-5-1-2-6-16(15)28(25,26)22-8-7-17(24)21-12-14-4-3-10-23(13-14)18-20-9-11-27-18/h1-2,5-6,9,11,14,22H,3-4,7-8,10,12-13H2,(H,21,24). The van der Waals surface area contributed by atoms with Crippen LogP contribution in [-0.4, -0.2) is 45.5 Å². The number of nitrogens with one attached hydrogen (secondary N) is 2. The summed E-state index contributed by atoms with van der Waals surface area (Å²) in [5.74, 6) is -0.721. The van der Waals surface area contributed by atoms with E-state index in [1.807, 2.05) is 5.38 Å². The minimum atomic E-state index is -3.97. The Labute approximate surface area is 168 Å². The SMILES string of the molecule is O=C(CCNS(=O)(=O)c1ccccc1F)NCC1CCCN(c2nccs2)C1. The number of piperidine rings is 1. The Morgan fingerprint density at radius 1 is 1.36 bits per heavy atom. The van der Waals surface area contributed by atoms with Crippen LogP contribution in [0.2, 0.25) is 0 Å². The van der Waals surface area contributed by atoms with E-state index in [-0.39, 0.29) is 18.9 Å². The van der Waals surface area contributed by atoms with Gasteiger partial charge in [0.25, 0.3) is 0 Å². The summed E-state index contributed by atoms with van der Waals surface area (Å²) in [6, 6.07) is 5.14. The first-order chi connectivity index (χ1) is 13.5. The summed E-state index contributed by atoms with van der Waals surface area (Å²) in [5.41, 5.74) is 0. The van der Waals surface area contributed by atoms with Gasteiger partial charge in [-0.05, 0) is 30.9 Å². The Balaban J connectivity index is 1.40. The molecule has 2 aromatic rings. The molecule has 1 aromatic heterocycles. The number of halogens is 1. The van der Waals surface area contributed by atoms with Crippen molar-refractivity contribution in [3.63, 3.8) is 0 Å². The first kappa shape index (κ1) is 20.7. The zero-order chi connectivity index (χ0) is 20.0. The highest BCUT2D eigenvalue weighted by Gasteiger charge is 2.22. The van der Waals surface area contributed by atoms with Gasteiger partial charge >= 0.3 is 0 Å². The third-order valence-corrected chi connectivity index (χ3v) is 6.89. The van der Waals surface area contributed by atoms with Crippen LogP contribution in [0.3, 0.4) is 0 Å². The maximum atomic E-state index is 13.6. The predicted molar refractivity (Wildman–Crippen MR) is 106 cm³/mol. The lowest BCUT2D eigenvalue weighted by atomic mass is 9.98. The van der Waals surface area contributed by atoms with Gasteiger partial charge in [0.1, 0.15) is 10.7 Å². The second kappa shape index (κ2) is 9.44. The molecule has 28 heavy (non-hydrogen) atoms. The number of hydrogen-bond acceptors (Lipinski definition) is 6. The van der Waals surface area contributed by atoms with Crippen molar-refractivity contribution in [3.8, 4) is 0 Å². The van der Waals surface area contributed by atoms with Crippen LogP contribution in [0.5, 0.6) is 0 Å². The maximum absolute atomic E-state index is 13.6. The monoisotopic (exact) mass is 426 g/mol. The van der Waals surface area contributed by atoms with E-state index in [0.717, 1.165) is 37.1 Å². The first-order valence-corrected chi connectivity index (χ1v) is 11.5. The molecule has 3 rings (SSSR count). The number of sulfonamides is 1. The molecule has 1 atom stereocenters. The van der Waals surface area contributed by atoms with Gasteiger partial charge < -0.3 is 10.2 Å². The molecule has 1 fully saturated rings. The molecule has 1 aliphatic heterocycles. The second-order valence-corrected chi connectivity index (χ2v) is 9.26. The molecule has 1 aliphatic rings. The highest BCUT2D eigenvalue weighted by Crippen LogP contribution is 2.24. The summed E-state index contributed by atoms with van der Waals surface area (Å²) in [6.07, 6.45) is 3.86. The summed E-state index contributed by atoms with van der Waals surface area (Å²) >= 11 is 1.60. The van der Waals surface area contributed by atoms with E-state index in [2.05, 4.69) is 19.9 Å². The van der Waals surface area contributed by atoms with Gasteiger partial charge in [-0.15, -0.1) is 11.3 Å². The van der Waals surface area contributed by atoms with Gasteiger partial charge in [-0.25, -0.2) is 22.5 Å². The largest absolute Gasteiger partial charge is 0.356 e. The number of carbonyl (C=O) groups is 1. The molecule has 0 spiro atoms. The summed E-state index contributed by atoms with van der Waals surface area (Å²) in [6.45, 7) is 2.27. The van der Waals surface area contributed by atoms with E-state index >= 15 is 0 Å². The third-order valence-electron chi connectivity index (χ3n) is 4.57. The highest BCUT2D eigenvalue weighted by molar-refractivity contribution is 7.89. The molecule has 1 aromatic carbocycles. The number of thiazole rings is 1. The molecule has 1 amide bonds. The van der Waals surface area contributed by atoms with Crippen LogP contribution >= 0.6 is 11.3 Å². The Kier molecular flexibility index (Phi) is 6.97. The summed E-state index contributed by atoms with van der Waals surface area (Å²) in [5, 5.41) is 5.81. The average molecular weight is 427 g/mol. The first-order valence-electron chi connectivity index (χ1n) is 9.11. The molecule has 0 aliphatic carbocycles. The number of aromatic nitrogens is 1.